The fraction of sp³-hybridized carbons (Fsp3) is 0.571. The van der Waals surface area contributed by atoms with Gasteiger partial charge in [0.25, 0.3) is 0 Å². The molecule has 1 aromatic rings. The third kappa shape index (κ3) is 3.76. The van der Waals surface area contributed by atoms with Gasteiger partial charge in [0.15, 0.2) is 0 Å². The summed E-state index contributed by atoms with van der Waals surface area (Å²) in [7, 11) is 3.39. The van der Waals surface area contributed by atoms with Crippen molar-refractivity contribution in [1.82, 2.24) is 0 Å². The second kappa shape index (κ2) is 7.15. The molecule has 0 N–H and O–H groups in total. The fourth-order valence-electron chi connectivity index (χ4n) is 1.80. The van der Waals surface area contributed by atoms with Crippen molar-refractivity contribution in [1.29, 1.82) is 0 Å². The van der Waals surface area contributed by atoms with Crippen molar-refractivity contribution in [2.75, 3.05) is 14.2 Å². The average molecular weight is 222 g/mol. The SMILES string of the molecule is CCCCCCc1ccc(OC)cc1OC. The molecule has 0 saturated carbocycles. The molecule has 0 aliphatic carbocycles. The van der Waals surface area contributed by atoms with E-state index in [2.05, 4.69) is 13.0 Å². The molecule has 0 aliphatic rings. The Morgan fingerprint density at radius 1 is 1.00 bits per heavy atom. The van der Waals surface area contributed by atoms with E-state index in [0.29, 0.717) is 0 Å². The molecule has 1 rings (SSSR count). The summed E-state index contributed by atoms with van der Waals surface area (Å²) in [5, 5.41) is 0. The summed E-state index contributed by atoms with van der Waals surface area (Å²) < 4.78 is 10.5. The van der Waals surface area contributed by atoms with Crippen LogP contribution in [-0.4, -0.2) is 14.2 Å². The Bertz CT molecular complexity index is 308. The molecule has 0 amide bonds. The number of hydrogen-bond acceptors (Lipinski definition) is 2. The van der Waals surface area contributed by atoms with Crippen LogP contribution < -0.4 is 9.47 Å². The standard InChI is InChI=1S/C14H22O2/c1-4-5-6-7-8-12-9-10-13(15-2)11-14(12)16-3/h9-11H,4-8H2,1-3H3. The van der Waals surface area contributed by atoms with E-state index in [1.165, 1.54) is 31.2 Å². The summed E-state index contributed by atoms with van der Waals surface area (Å²) >= 11 is 0. The van der Waals surface area contributed by atoms with E-state index in [-0.39, 0.29) is 0 Å². The third-order valence-corrected chi connectivity index (χ3v) is 2.79. The molecule has 16 heavy (non-hydrogen) atoms. The first-order valence-corrected chi connectivity index (χ1v) is 6.02. The van der Waals surface area contributed by atoms with Crippen LogP contribution in [0, 0.1) is 0 Å². The molecule has 0 unspecified atom stereocenters. The number of ether oxygens (including phenoxy) is 2. The molecule has 0 bridgehead atoms. The molecule has 0 fully saturated rings. The van der Waals surface area contributed by atoms with Crippen LogP contribution in [-0.2, 0) is 6.42 Å². The van der Waals surface area contributed by atoms with Gasteiger partial charge in [0.05, 0.1) is 14.2 Å². The average Bonchev–Trinajstić information content (AvgIpc) is 2.34. The Labute approximate surface area is 98.6 Å². The van der Waals surface area contributed by atoms with E-state index in [9.17, 15) is 0 Å². The lowest BCUT2D eigenvalue weighted by Crippen LogP contribution is -1.94. The highest BCUT2D eigenvalue weighted by atomic mass is 16.5. The summed E-state index contributed by atoms with van der Waals surface area (Å²) in [5.74, 6) is 1.80. The first-order chi connectivity index (χ1) is 7.81. The van der Waals surface area contributed by atoms with Gasteiger partial charge in [-0.1, -0.05) is 32.3 Å². The predicted octanol–water partition coefficient (Wildman–Crippen LogP) is 3.83. The van der Waals surface area contributed by atoms with Crippen LogP contribution in [0.5, 0.6) is 11.5 Å². The van der Waals surface area contributed by atoms with E-state index in [1.54, 1.807) is 14.2 Å². The van der Waals surface area contributed by atoms with Gasteiger partial charge in [-0.05, 0) is 24.5 Å². The van der Waals surface area contributed by atoms with E-state index < -0.39 is 0 Å². The minimum absolute atomic E-state index is 0.856. The van der Waals surface area contributed by atoms with Gasteiger partial charge in [0.1, 0.15) is 11.5 Å². The van der Waals surface area contributed by atoms with Crippen LogP contribution in [0.1, 0.15) is 38.2 Å². The van der Waals surface area contributed by atoms with E-state index in [0.717, 1.165) is 17.9 Å². The molecule has 0 saturated heterocycles. The number of methoxy groups -OCH3 is 2. The molecule has 0 radical (unpaired) electrons. The number of benzene rings is 1. The Balaban J connectivity index is 2.57. The zero-order valence-electron chi connectivity index (χ0n) is 10.6. The fourth-order valence-corrected chi connectivity index (χ4v) is 1.80. The van der Waals surface area contributed by atoms with Gasteiger partial charge in [-0.25, -0.2) is 0 Å². The lowest BCUT2D eigenvalue weighted by Gasteiger charge is -2.10. The van der Waals surface area contributed by atoms with Crippen molar-refractivity contribution in [3.05, 3.63) is 23.8 Å². The minimum Gasteiger partial charge on any atom is -0.497 e. The highest BCUT2D eigenvalue weighted by molar-refractivity contribution is 5.40. The monoisotopic (exact) mass is 222 g/mol. The zero-order valence-corrected chi connectivity index (χ0v) is 10.6. The third-order valence-electron chi connectivity index (χ3n) is 2.79. The maximum Gasteiger partial charge on any atom is 0.125 e. The normalized spacial score (nSPS) is 10.2. The minimum atomic E-state index is 0.856. The topological polar surface area (TPSA) is 18.5 Å². The Hall–Kier alpha value is -1.18. The summed E-state index contributed by atoms with van der Waals surface area (Å²) in [4.78, 5) is 0. The summed E-state index contributed by atoms with van der Waals surface area (Å²) in [6.07, 6.45) is 6.22. The van der Waals surface area contributed by atoms with Crippen molar-refractivity contribution < 1.29 is 9.47 Å². The van der Waals surface area contributed by atoms with Gasteiger partial charge in [-0.2, -0.15) is 0 Å². The quantitative estimate of drug-likeness (QED) is 0.653. The summed E-state index contributed by atoms with van der Waals surface area (Å²) in [6, 6.07) is 6.05. The van der Waals surface area contributed by atoms with E-state index in [4.69, 9.17) is 9.47 Å². The Morgan fingerprint density at radius 2 is 1.81 bits per heavy atom. The Morgan fingerprint density at radius 3 is 2.44 bits per heavy atom. The van der Waals surface area contributed by atoms with Crippen LogP contribution in [0.2, 0.25) is 0 Å². The summed E-state index contributed by atoms with van der Waals surface area (Å²) in [5.41, 5.74) is 1.28. The van der Waals surface area contributed by atoms with Crippen LogP contribution in [0.25, 0.3) is 0 Å². The van der Waals surface area contributed by atoms with E-state index >= 15 is 0 Å². The maximum atomic E-state index is 5.36. The first kappa shape index (κ1) is 12.9. The molecule has 0 aliphatic heterocycles. The van der Waals surface area contributed by atoms with Gasteiger partial charge < -0.3 is 9.47 Å². The molecule has 0 heterocycles. The lowest BCUT2D eigenvalue weighted by molar-refractivity contribution is 0.390. The summed E-state index contributed by atoms with van der Waals surface area (Å²) in [6.45, 7) is 2.23. The highest BCUT2D eigenvalue weighted by Crippen LogP contribution is 2.25. The molecule has 2 nitrogen and oxygen atoms in total. The lowest BCUT2D eigenvalue weighted by atomic mass is 10.1. The second-order valence-corrected chi connectivity index (χ2v) is 3.99. The molecular weight excluding hydrogens is 200 g/mol. The predicted molar refractivity (Wildman–Crippen MR) is 67.4 cm³/mol. The smallest absolute Gasteiger partial charge is 0.125 e. The molecule has 0 aromatic heterocycles. The van der Waals surface area contributed by atoms with E-state index in [1.807, 2.05) is 12.1 Å². The van der Waals surface area contributed by atoms with Gasteiger partial charge in [0, 0.05) is 6.07 Å². The maximum absolute atomic E-state index is 5.36. The molecule has 0 spiro atoms. The van der Waals surface area contributed by atoms with Gasteiger partial charge >= 0.3 is 0 Å². The van der Waals surface area contributed by atoms with Gasteiger partial charge in [-0.3, -0.25) is 0 Å². The van der Waals surface area contributed by atoms with Crippen molar-refractivity contribution in [2.24, 2.45) is 0 Å². The van der Waals surface area contributed by atoms with Crippen molar-refractivity contribution in [3.8, 4) is 11.5 Å². The van der Waals surface area contributed by atoms with Crippen LogP contribution >= 0.6 is 0 Å². The largest absolute Gasteiger partial charge is 0.497 e. The number of rotatable bonds is 7. The van der Waals surface area contributed by atoms with Gasteiger partial charge in [-0.15, -0.1) is 0 Å². The van der Waals surface area contributed by atoms with Crippen molar-refractivity contribution in [2.45, 2.75) is 39.0 Å². The molecule has 1 aromatic carbocycles. The molecule has 2 heteroatoms. The van der Waals surface area contributed by atoms with Gasteiger partial charge in [0.2, 0.25) is 0 Å². The Kier molecular flexibility index (Phi) is 5.76. The number of aryl methyl sites for hydroxylation is 1. The zero-order chi connectivity index (χ0) is 11.8. The second-order valence-electron chi connectivity index (χ2n) is 3.99. The van der Waals surface area contributed by atoms with Crippen molar-refractivity contribution in [3.63, 3.8) is 0 Å². The number of hydrogen-bond donors (Lipinski definition) is 0. The van der Waals surface area contributed by atoms with Crippen molar-refractivity contribution >= 4 is 0 Å². The van der Waals surface area contributed by atoms with Crippen LogP contribution in [0.3, 0.4) is 0 Å². The molecule has 0 atom stereocenters. The first-order valence-electron chi connectivity index (χ1n) is 6.02. The van der Waals surface area contributed by atoms with Crippen LogP contribution in [0.15, 0.2) is 18.2 Å². The number of unbranched alkanes of at least 4 members (excludes halogenated alkanes) is 3. The highest BCUT2D eigenvalue weighted by Gasteiger charge is 2.04. The molecular formula is C14H22O2. The van der Waals surface area contributed by atoms with Crippen LogP contribution in [0.4, 0.5) is 0 Å². The molecule has 90 valence electrons.